The minimum atomic E-state index is -2.51. The van der Waals surface area contributed by atoms with E-state index in [9.17, 15) is 27.5 Å². The van der Waals surface area contributed by atoms with Gasteiger partial charge in [-0.3, -0.25) is 4.79 Å². The Morgan fingerprint density at radius 3 is 2.30 bits per heavy atom. The van der Waals surface area contributed by atoms with E-state index in [1.807, 2.05) is 6.07 Å². The SMILES string of the molecule is CC(=O)N[C@@H](Cc1cc(F)cc(F)c1)[C@H](O)CNC1(c2cccc(C(C)(C)C(F)F)c2)CC1. The Bertz CT molecular complexity index is 972. The smallest absolute Gasteiger partial charge is 0.247 e. The number of carbonyl (C=O) groups is 1. The molecule has 4 nitrogen and oxygen atoms in total. The number of rotatable bonds is 10. The lowest BCUT2D eigenvalue weighted by Crippen LogP contribution is -2.49. The van der Waals surface area contributed by atoms with Gasteiger partial charge in [0.05, 0.1) is 17.6 Å². The van der Waals surface area contributed by atoms with Gasteiger partial charge in [-0.2, -0.15) is 0 Å². The van der Waals surface area contributed by atoms with Gasteiger partial charge in [0.1, 0.15) is 11.6 Å². The summed E-state index contributed by atoms with van der Waals surface area (Å²) >= 11 is 0. The molecule has 2 atom stereocenters. The fourth-order valence-corrected chi connectivity index (χ4v) is 4.01. The van der Waals surface area contributed by atoms with Crippen LogP contribution in [0.25, 0.3) is 0 Å². The first-order chi connectivity index (χ1) is 15.4. The molecule has 2 aromatic rings. The van der Waals surface area contributed by atoms with Gasteiger partial charge in [0.2, 0.25) is 12.3 Å². The van der Waals surface area contributed by atoms with Gasteiger partial charge >= 0.3 is 0 Å². The van der Waals surface area contributed by atoms with Crippen molar-refractivity contribution in [1.29, 1.82) is 0 Å². The third-order valence-electron chi connectivity index (χ3n) is 6.34. The van der Waals surface area contributed by atoms with Crippen molar-refractivity contribution in [2.24, 2.45) is 0 Å². The van der Waals surface area contributed by atoms with Crippen LogP contribution < -0.4 is 10.6 Å². The van der Waals surface area contributed by atoms with Crippen LogP contribution in [0.2, 0.25) is 0 Å². The molecule has 8 heteroatoms. The first-order valence-electron chi connectivity index (χ1n) is 11.0. The summed E-state index contributed by atoms with van der Waals surface area (Å²) < 4.78 is 54.1. The molecule has 1 aliphatic rings. The zero-order chi connectivity index (χ0) is 24.4. The van der Waals surface area contributed by atoms with Crippen LogP contribution in [-0.4, -0.2) is 36.1 Å². The van der Waals surface area contributed by atoms with Gasteiger partial charge in [0.15, 0.2) is 0 Å². The van der Waals surface area contributed by atoms with Gasteiger partial charge in [0, 0.05) is 25.1 Å². The number of amides is 1. The standard InChI is InChI=1S/C25H30F4N2O2/c1-15(32)31-21(11-16-9-19(26)13-20(27)10-16)22(33)14-30-25(7-8-25)18-6-4-5-17(12-18)24(2,3)23(28)29/h4-6,9-10,12-13,21-23,30,33H,7-8,11,14H2,1-3H3,(H,31,32)/t21-,22+/m0/s1. The summed E-state index contributed by atoms with van der Waals surface area (Å²) in [7, 11) is 0. The van der Waals surface area contributed by atoms with E-state index >= 15 is 0 Å². The number of alkyl halides is 2. The van der Waals surface area contributed by atoms with E-state index in [1.54, 1.807) is 18.2 Å². The molecule has 0 heterocycles. The van der Waals surface area contributed by atoms with E-state index in [0.717, 1.165) is 36.6 Å². The molecule has 3 N–H and O–H groups in total. The summed E-state index contributed by atoms with van der Waals surface area (Å²) in [6.45, 7) is 4.41. The molecular weight excluding hydrogens is 436 g/mol. The highest BCUT2D eigenvalue weighted by atomic mass is 19.3. The van der Waals surface area contributed by atoms with E-state index < -0.39 is 41.2 Å². The van der Waals surface area contributed by atoms with Crippen molar-refractivity contribution in [2.75, 3.05) is 6.54 Å². The van der Waals surface area contributed by atoms with E-state index in [4.69, 9.17) is 0 Å². The molecule has 1 fully saturated rings. The van der Waals surface area contributed by atoms with Crippen molar-refractivity contribution >= 4 is 5.91 Å². The number of hydrogen-bond donors (Lipinski definition) is 3. The number of benzene rings is 2. The van der Waals surface area contributed by atoms with Crippen LogP contribution >= 0.6 is 0 Å². The molecule has 0 aliphatic heterocycles. The highest BCUT2D eigenvalue weighted by Crippen LogP contribution is 2.46. The van der Waals surface area contributed by atoms with Crippen LogP contribution in [0.3, 0.4) is 0 Å². The average Bonchev–Trinajstić information content (AvgIpc) is 3.51. The molecule has 0 unspecified atom stereocenters. The van der Waals surface area contributed by atoms with Crippen molar-refractivity contribution in [3.8, 4) is 0 Å². The molecule has 0 aromatic heterocycles. The van der Waals surface area contributed by atoms with Crippen molar-refractivity contribution < 1.29 is 27.5 Å². The highest BCUT2D eigenvalue weighted by Gasteiger charge is 2.45. The fraction of sp³-hybridized carbons (Fsp3) is 0.480. The van der Waals surface area contributed by atoms with E-state index in [2.05, 4.69) is 10.6 Å². The second-order valence-corrected chi connectivity index (χ2v) is 9.42. The van der Waals surface area contributed by atoms with Crippen LogP contribution in [0, 0.1) is 11.6 Å². The Balaban J connectivity index is 1.72. The third-order valence-corrected chi connectivity index (χ3v) is 6.34. The number of aliphatic hydroxyl groups is 1. The van der Waals surface area contributed by atoms with Gasteiger partial charge in [-0.05, 0) is 48.1 Å². The number of halogens is 4. The van der Waals surface area contributed by atoms with Crippen molar-refractivity contribution in [1.82, 2.24) is 10.6 Å². The van der Waals surface area contributed by atoms with Gasteiger partial charge in [-0.25, -0.2) is 17.6 Å². The van der Waals surface area contributed by atoms with Crippen LogP contribution in [-0.2, 0) is 22.2 Å². The molecule has 0 radical (unpaired) electrons. The first kappa shape index (κ1) is 25.2. The zero-order valence-electron chi connectivity index (χ0n) is 19.0. The molecule has 1 saturated carbocycles. The lowest BCUT2D eigenvalue weighted by Gasteiger charge is -2.28. The fourth-order valence-electron chi connectivity index (χ4n) is 4.01. The summed E-state index contributed by atoms with van der Waals surface area (Å²) in [5, 5.41) is 16.8. The summed E-state index contributed by atoms with van der Waals surface area (Å²) in [4.78, 5) is 11.7. The first-order valence-corrected chi connectivity index (χ1v) is 11.0. The Kier molecular flexibility index (Phi) is 7.49. The van der Waals surface area contributed by atoms with Crippen molar-refractivity contribution in [3.05, 3.63) is 70.8 Å². The zero-order valence-corrected chi connectivity index (χ0v) is 19.0. The minimum Gasteiger partial charge on any atom is -0.390 e. The summed E-state index contributed by atoms with van der Waals surface area (Å²) in [6.07, 6.45) is -1.96. The quantitative estimate of drug-likeness (QED) is 0.460. The van der Waals surface area contributed by atoms with Crippen molar-refractivity contribution in [2.45, 2.75) is 69.6 Å². The van der Waals surface area contributed by atoms with Crippen LogP contribution in [0.1, 0.15) is 50.3 Å². The molecule has 0 bridgehead atoms. The number of hydrogen-bond acceptors (Lipinski definition) is 3. The van der Waals surface area contributed by atoms with E-state index in [-0.39, 0.29) is 18.9 Å². The molecule has 3 rings (SSSR count). The van der Waals surface area contributed by atoms with Crippen LogP contribution in [0.15, 0.2) is 42.5 Å². The second-order valence-electron chi connectivity index (χ2n) is 9.42. The summed E-state index contributed by atoms with van der Waals surface area (Å²) in [6, 6.07) is 9.41. The molecule has 1 amide bonds. The van der Waals surface area contributed by atoms with Crippen LogP contribution in [0.5, 0.6) is 0 Å². The molecule has 33 heavy (non-hydrogen) atoms. The van der Waals surface area contributed by atoms with Crippen molar-refractivity contribution in [3.63, 3.8) is 0 Å². The minimum absolute atomic E-state index is 0.0438. The Morgan fingerprint density at radius 2 is 1.76 bits per heavy atom. The van der Waals surface area contributed by atoms with Gasteiger partial charge in [-0.1, -0.05) is 38.1 Å². The lowest BCUT2D eigenvalue weighted by atomic mass is 9.83. The van der Waals surface area contributed by atoms with Crippen LogP contribution in [0.4, 0.5) is 17.6 Å². The van der Waals surface area contributed by atoms with Gasteiger partial charge in [-0.15, -0.1) is 0 Å². The molecule has 0 spiro atoms. The average molecular weight is 467 g/mol. The number of nitrogens with one attached hydrogen (secondary N) is 2. The summed E-state index contributed by atoms with van der Waals surface area (Å²) in [5.74, 6) is -1.84. The third kappa shape index (κ3) is 6.12. The normalized spacial score (nSPS) is 17.0. The highest BCUT2D eigenvalue weighted by molar-refractivity contribution is 5.73. The lowest BCUT2D eigenvalue weighted by molar-refractivity contribution is -0.120. The van der Waals surface area contributed by atoms with Gasteiger partial charge < -0.3 is 15.7 Å². The maximum Gasteiger partial charge on any atom is 0.247 e. The molecular formula is C25H30F4N2O2. The second kappa shape index (κ2) is 9.81. The van der Waals surface area contributed by atoms with E-state index in [0.29, 0.717) is 11.1 Å². The molecule has 1 aliphatic carbocycles. The number of aliphatic hydroxyl groups excluding tert-OH is 1. The predicted molar refractivity (Wildman–Crippen MR) is 118 cm³/mol. The largest absolute Gasteiger partial charge is 0.390 e. The Morgan fingerprint density at radius 1 is 1.12 bits per heavy atom. The van der Waals surface area contributed by atoms with E-state index in [1.165, 1.54) is 20.8 Å². The Labute approximate surface area is 191 Å². The monoisotopic (exact) mass is 466 g/mol. The molecule has 2 aromatic carbocycles. The predicted octanol–water partition coefficient (Wildman–Crippen LogP) is 4.19. The topological polar surface area (TPSA) is 61.4 Å². The molecule has 180 valence electrons. The maximum absolute atomic E-state index is 13.6. The Hall–Kier alpha value is -2.45. The molecule has 0 saturated heterocycles. The number of carbonyl (C=O) groups excluding carboxylic acids is 1. The van der Waals surface area contributed by atoms with Gasteiger partial charge in [0.25, 0.3) is 0 Å². The summed E-state index contributed by atoms with van der Waals surface area (Å²) in [5.41, 5.74) is -0.0195. The maximum atomic E-state index is 13.6.